The van der Waals surface area contributed by atoms with Gasteiger partial charge in [0.1, 0.15) is 0 Å². The molecule has 0 spiro atoms. The van der Waals surface area contributed by atoms with Crippen LogP contribution in [0.25, 0.3) is 0 Å². The van der Waals surface area contributed by atoms with Gasteiger partial charge in [0.15, 0.2) is 0 Å². The van der Waals surface area contributed by atoms with Crippen molar-refractivity contribution >= 4 is 10.0 Å². The van der Waals surface area contributed by atoms with Crippen molar-refractivity contribution in [2.75, 3.05) is 18.8 Å². The van der Waals surface area contributed by atoms with Gasteiger partial charge in [-0.2, -0.15) is 4.31 Å². The van der Waals surface area contributed by atoms with E-state index in [2.05, 4.69) is 13.8 Å². The van der Waals surface area contributed by atoms with Crippen molar-refractivity contribution in [2.45, 2.75) is 45.8 Å². The van der Waals surface area contributed by atoms with Crippen LogP contribution in [0, 0.1) is 5.92 Å². The van der Waals surface area contributed by atoms with E-state index in [1.165, 1.54) is 0 Å². The average molecular weight is 325 g/mol. The summed E-state index contributed by atoms with van der Waals surface area (Å²) in [5.41, 5.74) is 1.04. The monoisotopic (exact) mass is 325 g/mol. The van der Waals surface area contributed by atoms with Crippen LogP contribution in [0.15, 0.2) is 30.3 Å². The zero-order chi connectivity index (χ0) is 16.2. The molecule has 0 aliphatic carbocycles. The van der Waals surface area contributed by atoms with Crippen LogP contribution < -0.4 is 0 Å². The van der Waals surface area contributed by atoms with Gasteiger partial charge in [-0.3, -0.25) is 0 Å². The summed E-state index contributed by atoms with van der Waals surface area (Å²) in [6, 6.07) is 9.90. The van der Waals surface area contributed by atoms with Crippen LogP contribution in [0.2, 0.25) is 0 Å². The number of sulfonamides is 1. The quantitative estimate of drug-likeness (QED) is 0.807. The van der Waals surface area contributed by atoms with E-state index < -0.39 is 10.0 Å². The van der Waals surface area contributed by atoms with Crippen LogP contribution >= 0.6 is 0 Å². The van der Waals surface area contributed by atoms with E-state index in [1.54, 1.807) is 4.31 Å². The van der Waals surface area contributed by atoms with Gasteiger partial charge in [-0.05, 0) is 17.9 Å². The molecule has 22 heavy (non-hydrogen) atoms. The Labute approximate surface area is 134 Å². The number of ether oxygens (including phenoxy) is 1. The number of morpholine rings is 1. The zero-order valence-corrected chi connectivity index (χ0v) is 14.6. The summed E-state index contributed by atoms with van der Waals surface area (Å²) in [5, 5.41) is 0. The standard InChI is InChI=1S/C17H27NO3S/c1-4-5-11-22(19,20)18-12-16(14(2)3)21-17(13-18)15-9-7-6-8-10-15/h6-10,14,16-17H,4-5,11-13H2,1-3H3/t16-,17+/m1/s1. The SMILES string of the molecule is CCCCS(=O)(=O)N1C[C@@H](c2ccccc2)O[C@@H](C(C)C)C1. The van der Waals surface area contributed by atoms with Gasteiger partial charge in [-0.1, -0.05) is 57.5 Å². The highest BCUT2D eigenvalue weighted by Gasteiger charge is 2.35. The van der Waals surface area contributed by atoms with Crippen LogP contribution in [0.5, 0.6) is 0 Å². The smallest absolute Gasteiger partial charge is 0.214 e. The van der Waals surface area contributed by atoms with Gasteiger partial charge in [0.05, 0.1) is 18.0 Å². The molecule has 5 heteroatoms. The first kappa shape index (κ1) is 17.4. The molecular formula is C17H27NO3S. The molecule has 1 aromatic rings. The molecule has 1 heterocycles. The van der Waals surface area contributed by atoms with Gasteiger partial charge in [0.25, 0.3) is 0 Å². The largest absolute Gasteiger partial charge is 0.367 e. The fourth-order valence-corrected chi connectivity index (χ4v) is 4.31. The third-order valence-corrected chi connectivity index (χ3v) is 6.05. The lowest BCUT2D eigenvalue weighted by molar-refractivity contribution is -0.0846. The van der Waals surface area contributed by atoms with E-state index in [1.807, 2.05) is 37.3 Å². The molecule has 0 radical (unpaired) electrons. The molecule has 2 rings (SSSR count). The Morgan fingerprint density at radius 1 is 1.23 bits per heavy atom. The molecule has 0 N–H and O–H groups in total. The van der Waals surface area contributed by atoms with Crippen LogP contribution in [0.1, 0.15) is 45.3 Å². The maximum Gasteiger partial charge on any atom is 0.214 e. The van der Waals surface area contributed by atoms with Crippen LogP contribution in [0.4, 0.5) is 0 Å². The summed E-state index contributed by atoms with van der Waals surface area (Å²) in [4.78, 5) is 0. The van der Waals surface area contributed by atoms with Crippen LogP contribution in [-0.2, 0) is 14.8 Å². The summed E-state index contributed by atoms with van der Waals surface area (Å²) in [5.74, 6) is 0.519. The molecule has 2 atom stereocenters. The fourth-order valence-electron chi connectivity index (χ4n) is 2.66. The number of hydrogen-bond donors (Lipinski definition) is 0. The van der Waals surface area contributed by atoms with E-state index in [9.17, 15) is 8.42 Å². The molecule has 1 aromatic carbocycles. The van der Waals surface area contributed by atoms with Crippen molar-refractivity contribution in [3.63, 3.8) is 0 Å². The molecule has 0 amide bonds. The number of rotatable bonds is 6. The summed E-state index contributed by atoms with van der Waals surface area (Å²) < 4.78 is 32.9. The molecule has 1 aliphatic rings. The topological polar surface area (TPSA) is 46.6 Å². The minimum Gasteiger partial charge on any atom is -0.367 e. The molecule has 0 aromatic heterocycles. The van der Waals surface area contributed by atoms with Crippen molar-refractivity contribution in [1.82, 2.24) is 4.31 Å². The Morgan fingerprint density at radius 2 is 1.91 bits per heavy atom. The van der Waals surface area contributed by atoms with E-state index in [4.69, 9.17) is 4.74 Å². The molecule has 4 nitrogen and oxygen atoms in total. The van der Waals surface area contributed by atoms with Crippen LogP contribution in [0.3, 0.4) is 0 Å². The Kier molecular flexibility index (Phi) is 6.01. The highest BCUT2D eigenvalue weighted by molar-refractivity contribution is 7.89. The van der Waals surface area contributed by atoms with Gasteiger partial charge in [-0.15, -0.1) is 0 Å². The lowest BCUT2D eigenvalue weighted by Crippen LogP contribution is -2.49. The first-order valence-electron chi connectivity index (χ1n) is 8.12. The van der Waals surface area contributed by atoms with Crippen molar-refractivity contribution in [3.8, 4) is 0 Å². The van der Waals surface area contributed by atoms with Gasteiger partial charge in [0, 0.05) is 13.1 Å². The highest BCUT2D eigenvalue weighted by Crippen LogP contribution is 2.29. The molecule has 1 aliphatic heterocycles. The number of nitrogens with zero attached hydrogens (tertiary/aromatic N) is 1. The second kappa shape index (κ2) is 7.57. The Morgan fingerprint density at radius 3 is 2.50 bits per heavy atom. The average Bonchev–Trinajstić information content (AvgIpc) is 2.53. The van der Waals surface area contributed by atoms with E-state index in [0.717, 1.165) is 12.0 Å². The summed E-state index contributed by atoms with van der Waals surface area (Å²) in [6.45, 7) is 7.05. The minimum absolute atomic E-state index is 0.0599. The van der Waals surface area contributed by atoms with E-state index in [0.29, 0.717) is 19.5 Å². The number of hydrogen-bond acceptors (Lipinski definition) is 3. The Bertz CT molecular complexity index is 557. The molecule has 1 fully saturated rings. The number of benzene rings is 1. The van der Waals surface area contributed by atoms with Crippen molar-refractivity contribution in [1.29, 1.82) is 0 Å². The predicted molar refractivity (Wildman–Crippen MR) is 89.2 cm³/mol. The highest BCUT2D eigenvalue weighted by atomic mass is 32.2. The number of unbranched alkanes of at least 4 members (excludes halogenated alkanes) is 1. The Balaban J connectivity index is 2.20. The molecule has 0 saturated carbocycles. The maximum absolute atomic E-state index is 12.6. The first-order valence-corrected chi connectivity index (χ1v) is 9.73. The summed E-state index contributed by atoms with van der Waals surface area (Å²) in [6.07, 6.45) is 1.36. The predicted octanol–water partition coefficient (Wildman–Crippen LogP) is 3.21. The van der Waals surface area contributed by atoms with Crippen LogP contribution in [-0.4, -0.2) is 37.7 Å². The third kappa shape index (κ3) is 4.31. The van der Waals surface area contributed by atoms with Gasteiger partial charge in [0.2, 0.25) is 10.0 Å². The molecule has 1 saturated heterocycles. The first-order chi connectivity index (χ1) is 10.4. The summed E-state index contributed by atoms with van der Waals surface area (Å²) in [7, 11) is -3.20. The second-order valence-electron chi connectivity index (χ2n) is 6.30. The van der Waals surface area contributed by atoms with Gasteiger partial charge in [-0.25, -0.2) is 8.42 Å². The molecular weight excluding hydrogens is 298 g/mol. The molecule has 0 unspecified atom stereocenters. The van der Waals surface area contributed by atoms with E-state index >= 15 is 0 Å². The molecule has 0 bridgehead atoms. The van der Waals surface area contributed by atoms with Crippen molar-refractivity contribution < 1.29 is 13.2 Å². The van der Waals surface area contributed by atoms with Crippen molar-refractivity contribution in [3.05, 3.63) is 35.9 Å². The third-order valence-electron chi connectivity index (χ3n) is 4.16. The van der Waals surface area contributed by atoms with E-state index in [-0.39, 0.29) is 23.9 Å². The Hall–Kier alpha value is -0.910. The lowest BCUT2D eigenvalue weighted by Gasteiger charge is -2.39. The zero-order valence-electron chi connectivity index (χ0n) is 13.7. The van der Waals surface area contributed by atoms with Gasteiger partial charge >= 0.3 is 0 Å². The second-order valence-corrected chi connectivity index (χ2v) is 8.39. The van der Waals surface area contributed by atoms with Crippen molar-refractivity contribution in [2.24, 2.45) is 5.92 Å². The minimum atomic E-state index is -3.20. The normalized spacial score (nSPS) is 23.8. The summed E-state index contributed by atoms with van der Waals surface area (Å²) >= 11 is 0. The molecule has 124 valence electrons. The maximum atomic E-state index is 12.6. The fraction of sp³-hybridized carbons (Fsp3) is 0.647. The van der Waals surface area contributed by atoms with Gasteiger partial charge < -0.3 is 4.74 Å². The lowest BCUT2D eigenvalue weighted by atomic mass is 10.0.